The van der Waals surface area contributed by atoms with Crippen LogP contribution in [0.3, 0.4) is 0 Å². The van der Waals surface area contributed by atoms with Gasteiger partial charge in [-0.2, -0.15) is 0 Å². The van der Waals surface area contributed by atoms with Gasteiger partial charge in [-0.25, -0.2) is 0 Å². The molecule has 0 radical (unpaired) electrons. The number of rotatable bonds is 0. The van der Waals surface area contributed by atoms with Crippen molar-refractivity contribution < 1.29 is 9.90 Å². The lowest BCUT2D eigenvalue weighted by Crippen LogP contribution is -2.42. The number of carbonyl (C=O) groups is 1. The van der Waals surface area contributed by atoms with Gasteiger partial charge in [-0.05, 0) is 74.0 Å². The van der Waals surface area contributed by atoms with Crippen LogP contribution in [-0.2, 0) is 11.2 Å². The molecule has 2 heteroatoms. The van der Waals surface area contributed by atoms with Crippen LogP contribution in [0.2, 0.25) is 0 Å². The maximum Gasteiger partial charge on any atom is 0.139 e. The van der Waals surface area contributed by atoms with Crippen LogP contribution in [0.4, 0.5) is 0 Å². The molecule has 112 valence electrons. The van der Waals surface area contributed by atoms with E-state index in [1.807, 2.05) is 12.1 Å². The van der Waals surface area contributed by atoms with Crippen molar-refractivity contribution in [2.75, 3.05) is 0 Å². The SMILES string of the molecule is Cc1ccc(O)c2c1CC[C@@H]1[C@@H]2CC[C@@]2(C)C(=O)CC[C@@H]12. The van der Waals surface area contributed by atoms with Crippen LogP contribution < -0.4 is 0 Å². The third-order valence-electron chi connectivity index (χ3n) is 6.81. The van der Waals surface area contributed by atoms with E-state index in [4.69, 9.17) is 0 Å². The van der Waals surface area contributed by atoms with Gasteiger partial charge in [-0.3, -0.25) is 4.79 Å². The highest BCUT2D eigenvalue weighted by molar-refractivity contribution is 5.87. The summed E-state index contributed by atoms with van der Waals surface area (Å²) < 4.78 is 0. The fraction of sp³-hybridized carbons (Fsp3) is 0.632. The fourth-order valence-electron chi connectivity index (χ4n) is 5.64. The number of hydrogen-bond acceptors (Lipinski definition) is 2. The summed E-state index contributed by atoms with van der Waals surface area (Å²) in [6.45, 7) is 4.36. The molecule has 2 nitrogen and oxygen atoms in total. The van der Waals surface area contributed by atoms with Crippen molar-refractivity contribution in [3.63, 3.8) is 0 Å². The average molecular weight is 284 g/mol. The molecule has 0 unspecified atom stereocenters. The minimum absolute atomic E-state index is 0.0713. The Morgan fingerprint density at radius 3 is 2.81 bits per heavy atom. The third-order valence-corrected chi connectivity index (χ3v) is 6.81. The van der Waals surface area contributed by atoms with E-state index in [-0.39, 0.29) is 5.41 Å². The van der Waals surface area contributed by atoms with E-state index in [0.29, 0.717) is 29.3 Å². The Hall–Kier alpha value is -1.31. The van der Waals surface area contributed by atoms with Gasteiger partial charge in [0.15, 0.2) is 0 Å². The maximum absolute atomic E-state index is 12.3. The topological polar surface area (TPSA) is 37.3 Å². The molecule has 0 amide bonds. The Labute approximate surface area is 126 Å². The lowest BCUT2D eigenvalue weighted by Gasteiger charge is -2.48. The summed E-state index contributed by atoms with van der Waals surface area (Å²) in [5, 5.41) is 10.4. The summed E-state index contributed by atoms with van der Waals surface area (Å²) in [5.74, 6) is 2.58. The van der Waals surface area contributed by atoms with Crippen LogP contribution in [0.5, 0.6) is 5.75 Å². The number of fused-ring (bicyclic) bond motifs is 5. The fourth-order valence-corrected chi connectivity index (χ4v) is 5.64. The summed E-state index contributed by atoms with van der Waals surface area (Å²) in [6, 6.07) is 3.91. The predicted molar refractivity (Wildman–Crippen MR) is 82.5 cm³/mol. The first-order valence-corrected chi connectivity index (χ1v) is 8.37. The average Bonchev–Trinajstić information content (AvgIpc) is 2.78. The first-order chi connectivity index (χ1) is 10.0. The number of benzene rings is 1. The smallest absolute Gasteiger partial charge is 0.139 e. The predicted octanol–water partition coefficient (Wildman–Crippen LogP) is 4.13. The van der Waals surface area contributed by atoms with E-state index in [1.54, 1.807) is 0 Å². The van der Waals surface area contributed by atoms with Crippen LogP contribution in [0, 0.1) is 24.2 Å². The zero-order valence-electron chi connectivity index (χ0n) is 13.0. The molecular weight excluding hydrogens is 260 g/mol. The molecule has 4 rings (SSSR count). The second-order valence-electron chi connectivity index (χ2n) is 7.63. The zero-order valence-corrected chi connectivity index (χ0v) is 13.0. The van der Waals surface area contributed by atoms with E-state index >= 15 is 0 Å². The van der Waals surface area contributed by atoms with Crippen molar-refractivity contribution in [3.05, 3.63) is 28.8 Å². The molecule has 0 saturated heterocycles. The monoisotopic (exact) mass is 284 g/mol. The molecule has 3 aliphatic carbocycles. The van der Waals surface area contributed by atoms with Gasteiger partial charge in [0, 0.05) is 17.4 Å². The molecule has 3 aliphatic rings. The number of hydrogen-bond donors (Lipinski definition) is 1. The van der Waals surface area contributed by atoms with Gasteiger partial charge < -0.3 is 5.11 Å². The number of aromatic hydroxyl groups is 1. The zero-order chi connectivity index (χ0) is 14.8. The van der Waals surface area contributed by atoms with Crippen LogP contribution >= 0.6 is 0 Å². The highest BCUT2D eigenvalue weighted by Crippen LogP contribution is 2.60. The van der Waals surface area contributed by atoms with E-state index in [1.165, 1.54) is 23.1 Å². The molecule has 1 aromatic carbocycles. The Kier molecular flexibility index (Phi) is 2.76. The van der Waals surface area contributed by atoms with Gasteiger partial charge in [0.1, 0.15) is 11.5 Å². The minimum atomic E-state index is -0.0713. The van der Waals surface area contributed by atoms with Gasteiger partial charge in [-0.1, -0.05) is 13.0 Å². The number of ketones is 1. The van der Waals surface area contributed by atoms with Crippen molar-refractivity contribution in [1.82, 2.24) is 0 Å². The Morgan fingerprint density at radius 2 is 2.00 bits per heavy atom. The van der Waals surface area contributed by atoms with Crippen molar-refractivity contribution in [2.45, 2.75) is 58.3 Å². The summed E-state index contributed by atoms with van der Waals surface area (Å²) in [5.41, 5.74) is 3.84. The minimum Gasteiger partial charge on any atom is -0.508 e. The maximum atomic E-state index is 12.3. The van der Waals surface area contributed by atoms with Gasteiger partial charge in [0.05, 0.1) is 0 Å². The number of phenols is 1. The van der Waals surface area contributed by atoms with Crippen LogP contribution in [0.1, 0.15) is 61.6 Å². The lowest BCUT2D eigenvalue weighted by atomic mass is 9.55. The molecule has 4 atom stereocenters. The lowest BCUT2D eigenvalue weighted by molar-refractivity contribution is -0.129. The van der Waals surface area contributed by atoms with Crippen molar-refractivity contribution >= 4 is 5.78 Å². The molecule has 21 heavy (non-hydrogen) atoms. The van der Waals surface area contributed by atoms with Gasteiger partial charge >= 0.3 is 0 Å². The van der Waals surface area contributed by atoms with Gasteiger partial charge in [0.25, 0.3) is 0 Å². The molecule has 2 fully saturated rings. The molecule has 0 spiro atoms. The first-order valence-electron chi connectivity index (χ1n) is 8.37. The van der Waals surface area contributed by atoms with Crippen LogP contribution in [0.15, 0.2) is 12.1 Å². The molecule has 0 aliphatic heterocycles. The Bertz CT molecular complexity index is 618. The quantitative estimate of drug-likeness (QED) is 0.778. The molecular formula is C19H24O2. The normalized spacial score (nSPS) is 37.8. The molecule has 1 aromatic rings. The third kappa shape index (κ3) is 1.68. The van der Waals surface area contributed by atoms with Crippen molar-refractivity contribution in [3.8, 4) is 5.75 Å². The molecule has 2 saturated carbocycles. The van der Waals surface area contributed by atoms with Crippen LogP contribution in [-0.4, -0.2) is 10.9 Å². The number of carbonyl (C=O) groups excluding carboxylic acids is 1. The molecule has 1 N–H and O–H groups in total. The molecule has 0 heterocycles. The summed E-state index contributed by atoms with van der Waals surface area (Å²) in [6.07, 6.45) is 6.17. The van der Waals surface area contributed by atoms with E-state index in [9.17, 15) is 9.90 Å². The van der Waals surface area contributed by atoms with E-state index < -0.39 is 0 Å². The van der Waals surface area contributed by atoms with Crippen molar-refractivity contribution in [1.29, 1.82) is 0 Å². The molecule has 0 bridgehead atoms. The summed E-state index contributed by atoms with van der Waals surface area (Å²) >= 11 is 0. The second kappa shape index (κ2) is 4.34. The van der Waals surface area contributed by atoms with Gasteiger partial charge in [-0.15, -0.1) is 0 Å². The Morgan fingerprint density at radius 1 is 1.19 bits per heavy atom. The van der Waals surface area contributed by atoms with Crippen molar-refractivity contribution in [2.24, 2.45) is 17.3 Å². The summed E-state index contributed by atoms with van der Waals surface area (Å²) in [7, 11) is 0. The highest BCUT2D eigenvalue weighted by Gasteiger charge is 2.54. The summed E-state index contributed by atoms with van der Waals surface area (Å²) in [4.78, 5) is 12.3. The van der Waals surface area contributed by atoms with E-state index in [0.717, 1.165) is 32.1 Å². The van der Waals surface area contributed by atoms with Crippen LogP contribution in [0.25, 0.3) is 0 Å². The van der Waals surface area contributed by atoms with E-state index in [2.05, 4.69) is 13.8 Å². The van der Waals surface area contributed by atoms with Gasteiger partial charge in [0.2, 0.25) is 0 Å². The first kappa shape index (κ1) is 13.4. The number of Topliss-reactive ketones (excluding diaryl/α,β-unsaturated/α-hetero) is 1. The number of phenolic OH excluding ortho intramolecular Hbond substituents is 1. The Balaban J connectivity index is 1.79. The largest absolute Gasteiger partial charge is 0.508 e. The highest BCUT2D eigenvalue weighted by atomic mass is 16.3. The molecule has 0 aromatic heterocycles. The number of aryl methyl sites for hydroxylation is 1. The standard InChI is InChI=1S/C19H24O2/c1-11-3-7-16(20)18-12(11)4-5-13-14(18)9-10-19(2)15(13)6-8-17(19)21/h3,7,13-15,20H,4-6,8-10H2,1-2H3/t13-,14+,15+,19-/m1/s1. The second-order valence-corrected chi connectivity index (χ2v) is 7.63.